The highest BCUT2D eigenvalue weighted by Gasteiger charge is 2.35. The van der Waals surface area contributed by atoms with Crippen LogP contribution in [0.2, 0.25) is 5.02 Å². The summed E-state index contributed by atoms with van der Waals surface area (Å²) >= 11 is 5.95. The van der Waals surface area contributed by atoms with Crippen molar-refractivity contribution in [2.45, 2.75) is 51.2 Å². The number of hydrogen-bond donors (Lipinski definition) is 2. The quantitative estimate of drug-likeness (QED) is 0.368. The van der Waals surface area contributed by atoms with Gasteiger partial charge in [-0.05, 0) is 61.8 Å². The number of carbonyl (C=O) groups excluding carboxylic acids is 1. The van der Waals surface area contributed by atoms with Crippen LogP contribution >= 0.6 is 11.6 Å². The molecule has 2 N–H and O–H groups in total. The van der Waals surface area contributed by atoms with Gasteiger partial charge in [0.15, 0.2) is 0 Å². The summed E-state index contributed by atoms with van der Waals surface area (Å²) in [6.45, 7) is 2.27. The van der Waals surface area contributed by atoms with Crippen LogP contribution in [0.5, 0.6) is 0 Å². The third-order valence-electron chi connectivity index (χ3n) is 7.83. The number of likely N-dealkylation sites (tertiary alicyclic amines) is 1. The molecule has 1 atom stereocenters. The summed E-state index contributed by atoms with van der Waals surface area (Å²) in [5, 5.41) is 18.4. The van der Waals surface area contributed by atoms with Crippen molar-refractivity contribution in [3.8, 4) is 11.3 Å². The van der Waals surface area contributed by atoms with Gasteiger partial charge in [-0.1, -0.05) is 23.7 Å². The minimum absolute atomic E-state index is 0.00752. The largest absolute Gasteiger partial charge is 0.416 e. The molecule has 1 unspecified atom stereocenters. The zero-order chi connectivity index (χ0) is 30.9. The van der Waals surface area contributed by atoms with E-state index < -0.39 is 40.3 Å². The topological polar surface area (TPSA) is 108 Å². The third kappa shape index (κ3) is 7.40. The molecule has 1 fully saturated rings. The molecule has 9 nitrogen and oxygen atoms in total. The van der Waals surface area contributed by atoms with Crippen LogP contribution < -0.4 is 5.32 Å². The molecule has 3 heterocycles. The number of aliphatic hydroxyl groups is 1. The molecule has 1 amide bonds. The summed E-state index contributed by atoms with van der Waals surface area (Å²) in [6, 6.07) is 9.66. The van der Waals surface area contributed by atoms with Gasteiger partial charge in [0.2, 0.25) is 10.0 Å². The first kappa shape index (κ1) is 31.5. The lowest BCUT2D eigenvalue weighted by Crippen LogP contribution is -2.37. The summed E-state index contributed by atoms with van der Waals surface area (Å²) in [5.74, 6) is -0.585. The maximum absolute atomic E-state index is 14.0. The van der Waals surface area contributed by atoms with Crippen molar-refractivity contribution in [1.29, 1.82) is 0 Å². The number of aromatic nitrogens is 2. The fourth-order valence-electron chi connectivity index (χ4n) is 5.72. The number of aliphatic hydroxyl groups excluding tert-OH is 1. The maximum atomic E-state index is 14.0. The molecule has 0 bridgehead atoms. The highest BCUT2D eigenvalue weighted by atomic mass is 35.5. The van der Waals surface area contributed by atoms with Crippen LogP contribution in [0.25, 0.3) is 11.3 Å². The van der Waals surface area contributed by atoms with Crippen LogP contribution in [0.3, 0.4) is 0 Å². The number of sulfonamides is 1. The monoisotopic (exact) mass is 639 g/mol. The smallest absolute Gasteiger partial charge is 0.390 e. The van der Waals surface area contributed by atoms with Gasteiger partial charge in [0.25, 0.3) is 5.91 Å². The first-order valence-electron chi connectivity index (χ1n) is 14.0. The van der Waals surface area contributed by atoms with Crippen molar-refractivity contribution in [3.63, 3.8) is 0 Å². The number of alkyl halides is 3. The lowest BCUT2D eigenvalue weighted by molar-refractivity contribution is -0.138. The molecule has 3 aromatic rings. The van der Waals surface area contributed by atoms with Gasteiger partial charge < -0.3 is 15.3 Å². The molecule has 2 aliphatic rings. The van der Waals surface area contributed by atoms with Gasteiger partial charge in [-0.2, -0.15) is 22.6 Å². The standard InChI is InChI=1S/C29H33ClF3N5O4S/c1-43(41,42)37-12-9-26-24(18-37)27(35-38(26)17-23(39)16-36-10-2-3-11-36)19-7-8-25(29(31,32)33)21(13-19)15-34-28(40)20-5-4-6-22(30)14-20/h4-8,13-14,23,39H,2-3,9-12,15-18H2,1H3,(H,34,40). The van der Waals surface area contributed by atoms with E-state index in [0.29, 0.717) is 34.8 Å². The molecule has 0 aliphatic carbocycles. The van der Waals surface area contributed by atoms with Crippen LogP contribution in [0.4, 0.5) is 13.2 Å². The number of halogens is 4. The number of nitrogens with zero attached hydrogens (tertiary/aromatic N) is 4. The molecule has 0 spiro atoms. The van der Waals surface area contributed by atoms with Crippen molar-refractivity contribution in [1.82, 2.24) is 24.3 Å². The fraction of sp³-hybridized carbons (Fsp3) is 0.448. The highest BCUT2D eigenvalue weighted by Crippen LogP contribution is 2.37. The van der Waals surface area contributed by atoms with Gasteiger partial charge in [0.05, 0.1) is 30.2 Å². The minimum atomic E-state index is -4.68. The second-order valence-corrected chi connectivity index (χ2v) is 13.4. The molecular weight excluding hydrogens is 607 g/mol. The summed E-state index contributed by atoms with van der Waals surface area (Å²) in [7, 11) is -3.54. The predicted octanol–water partition coefficient (Wildman–Crippen LogP) is 3.93. The van der Waals surface area contributed by atoms with Crippen molar-refractivity contribution in [2.24, 2.45) is 0 Å². The highest BCUT2D eigenvalue weighted by molar-refractivity contribution is 7.88. The molecule has 2 aliphatic heterocycles. The van der Waals surface area contributed by atoms with Crippen molar-refractivity contribution in [2.75, 3.05) is 32.4 Å². The second kappa shape index (κ2) is 12.6. The van der Waals surface area contributed by atoms with Crippen LogP contribution in [-0.4, -0.2) is 77.0 Å². The van der Waals surface area contributed by atoms with E-state index >= 15 is 0 Å². The molecule has 43 heavy (non-hydrogen) atoms. The Labute approximate surface area is 253 Å². The molecule has 1 aromatic heterocycles. The molecule has 0 saturated carbocycles. The molecule has 1 saturated heterocycles. The number of benzene rings is 2. The molecule has 14 heteroatoms. The number of β-amino-alcohol motifs (C(OH)–C–C–N with tert-alkyl or cyclic N) is 1. The Hall–Kier alpha value is -2.97. The lowest BCUT2D eigenvalue weighted by Gasteiger charge is -2.26. The van der Waals surface area contributed by atoms with Crippen molar-refractivity contribution < 1.29 is 31.5 Å². The maximum Gasteiger partial charge on any atom is 0.416 e. The van der Waals surface area contributed by atoms with E-state index in [-0.39, 0.29) is 30.8 Å². The van der Waals surface area contributed by atoms with Crippen LogP contribution in [-0.2, 0) is 42.3 Å². The summed E-state index contributed by atoms with van der Waals surface area (Å²) in [4.78, 5) is 14.9. The molecule has 5 rings (SSSR count). The molecule has 2 aromatic carbocycles. The van der Waals surface area contributed by atoms with E-state index in [4.69, 9.17) is 16.7 Å². The van der Waals surface area contributed by atoms with E-state index in [1.54, 1.807) is 16.8 Å². The van der Waals surface area contributed by atoms with E-state index in [2.05, 4.69) is 10.2 Å². The Morgan fingerprint density at radius 3 is 2.53 bits per heavy atom. The van der Waals surface area contributed by atoms with Gasteiger partial charge in [-0.15, -0.1) is 0 Å². The van der Waals surface area contributed by atoms with Gasteiger partial charge in [0.1, 0.15) is 0 Å². The van der Waals surface area contributed by atoms with Gasteiger partial charge in [0, 0.05) is 60.0 Å². The van der Waals surface area contributed by atoms with Gasteiger partial charge >= 0.3 is 6.18 Å². The van der Waals surface area contributed by atoms with Gasteiger partial charge in [-0.3, -0.25) is 9.48 Å². The van der Waals surface area contributed by atoms with E-state index in [1.165, 1.54) is 28.6 Å². The Balaban J connectivity index is 1.49. The summed E-state index contributed by atoms with van der Waals surface area (Å²) in [5.41, 5.74) is 1.14. The van der Waals surface area contributed by atoms with E-state index in [0.717, 1.165) is 43.9 Å². The Morgan fingerprint density at radius 2 is 1.86 bits per heavy atom. The summed E-state index contributed by atoms with van der Waals surface area (Å²) < 4.78 is 69.8. The normalized spacial score (nSPS) is 17.2. The Morgan fingerprint density at radius 1 is 1.12 bits per heavy atom. The minimum Gasteiger partial charge on any atom is -0.390 e. The van der Waals surface area contributed by atoms with Crippen LogP contribution in [0.15, 0.2) is 42.5 Å². The zero-order valence-electron chi connectivity index (χ0n) is 23.6. The van der Waals surface area contributed by atoms with E-state index in [9.17, 15) is 31.5 Å². The van der Waals surface area contributed by atoms with Gasteiger partial charge in [-0.25, -0.2) is 8.42 Å². The zero-order valence-corrected chi connectivity index (χ0v) is 25.1. The van der Waals surface area contributed by atoms with E-state index in [1.807, 2.05) is 0 Å². The first-order valence-corrected chi connectivity index (χ1v) is 16.2. The average molecular weight is 640 g/mol. The number of carbonyl (C=O) groups is 1. The molecular formula is C29H33ClF3N5O4S. The number of amides is 1. The number of hydrogen-bond acceptors (Lipinski definition) is 6. The number of nitrogens with one attached hydrogen (secondary N) is 1. The third-order valence-corrected chi connectivity index (χ3v) is 9.31. The Bertz CT molecular complexity index is 1610. The molecule has 0 radical (unpaired) electrons. The Kier molecular flexibility index (Phi) is 9.19. The van der Waals surface area contributed by atoms with Crippen LogP contribution in [0.1, 0.15) is 45.6 Å². The molecule has 232 valence electrons. The van der Waals surface area contributed by atoms with Crippen molar-refractivity contribution in [3.05, 3.63) is 75.4 Å². The average Bonchev–Trinajstić information content (AvgIpc) is 3.58. The number of fused-ring (bicyclic) bond motifs is 1. The van der Waals surface area contributed by atoms with Crippen molar-refractivity contribution >= 4 is 27.5 Å². The lowest BCUT2D eigenvalue weighted by atomic mass is 9.97. The van der Waals surface area contributed by atoms with Crippen LogP contribution in [0, 0.1) is 0 Å². The second-order valence-electron chi connectivity index (χ2n) is 11.0. The predicted molar refractivity (Wildman–Crippen MR) is 156 cm³/mol. The fourth-order valence-corrected chi connectivity index (χ4v) is 6.70. The summed E-state index contributed by atoms with van der Waals surface area (Å²) in [6.07, 6.45) is -1.81. The number of rotatable bonds is 9. The SMILES string of the molecule is CS(=O)(=O)N1CCc2c(c(-c3ccc(C(F)(F)F)c(CNC(=O)c4cccc(Cl)c4)c3)nn2CC(O)CN2CCCC2)C1. The first-order chi connectivity index (χ1) is 20.3.